The molecule has 0 bridgehead atoms. The summed E-state index contributed by atoms with van der Waals surface area (Å²) in [5.41, 5.74) is 6.26. The molecule has 1 aliphatic heterocycles. The maximum absolute atomic E-state index is 13.3. The van der Waals surface area contributed by atoms with Gasteiger partial charge in [0.1, 0.15) is 5.75 Å². The summed E-state index contributed by atoms with van der Waals surface area (Å²) in [4.78, 5) is 15.2. The summed E-state index contributed by atoms with van der Waals surface area (Å²) in [5.74, 6) is 1.43. The number of rotatable bonds is 5. The number of nitrogens with zero attached hydrogens (tertiary/aromatic N) is 1. The first-order valence-corrected chi connectivity index (χ1v) is 11.4. The van der Waals surface area contributed by atoms with Crippen LogP contribution in [0.25, 0.3) is 0 Å². The lowest BCUT2D eigenvalue weighted by molar-refractivity contribution is 0.0715. The summed E-state index contributed by atoms with van der Waals surface area (Å²) < 4.78 is 5.59. The molecule has 1 saturated carbocycles. The molecule has 2 aromatic rings. The van der Waals surface area contributed by atoms with Crippen LogP contribution in [-0.2, 0) is 12.8 Å². The Morgan fingerprint density at radius 2 is 1.87 bits per heavy atom. The van der Waals surface area contributed by atoms with Crippen LogP contribution in [-0.4, -0.2) is 37.6 Å². The quantitative estimate of drug-likeness (QED) is 0.790. The molecule has 158 valence electrons. The molecule has 1 saturated heterocycles. The summed E-state index contributed by atoms with van der Waals surface area (Å²) in [6.07, 6.45) is 7.97. The second kappa shape index (κ2) is 8.07. The number of methoxy groups -OCH3 is 1. The maximum Gasteiger partial charge on any atom is 0.257 e. The largest absolute Gasteiger partial charge is 0.496 e. The van der Waals surface area contributed by atoms with Gasteiger partial charge in [0.2, 0.25) is 0 Å². The Morgan fingerprint density at radius 1 is 1.03 bits per heavy atom. The molecule has 0 spiro atoms. The van der Waals surface area contributed by atoms with Crippen LogP contribution < -0.4 is 10.1 Å². The highest BCUT2D eigenvalue weighted by Crippen LogP contribution is 2.42. The van der Waals surface area contributed by atoms with Gasteiger partial charge in [0.05, 0.1) is 12.7 Å². The van der Waals surface area contributed by atoms with E-state index in [9.17, 15) is 4.79 Å². The second-order valence-corrected chi connectivity index (χ2v) is 9.22. The Bertz CT molecular complexity index is 944. The van der Waals surface area contributed by atoms with Crippen LogP contribution in [0.2, 0.25) is 0 Å². The third-order valence-electron chi connectivity index (χ3n) is 7.27. The van der Waals surface area contributed by atoms with Gasteiger partial charge in [-0.05, 0) is 91.8 Å². The predicted molar refractivity (Wildman–Crippen MR) is 119 cm³/mol. The Kier molecular flexibility index (Phi) is 5.28. The lowest BCUT2D eigenvalue weighted by atomic mass is 9.85. The van der Waals surface area contributed by atoms with Crippen molar-refractivity contribution in [2.75, 3.05) is 20.7 Å². The fourth-order valence-electron chi connectivity index (χ4n) is 5.18. The van der Waals surface area contributed by atoms with Gasteiger partial charge in [0.15, 0.2) is 0 Å². The molecule has 3 aliphatic rings. The van der Waals surface area contributed by atoms with E-state index in [1.54, 1.807) is 7.11 Å². The van der Waals surface area contributed by atoms with Crippen LogP contribution in [0.4, 0.5) is 0 Å². The zero-order chi connectivity index (χ0) is 20.7. The summed E-state index contributed by atoms with van der Waals surface area (Å²) in [7, 11) is 3.61. The number of hydrogen-bond donors (Lipinski definition) is 1. The van der Waals surface area contributed by atoms with Crippen LogP contribution in [0.1, 0.15) is 76.7 Å². The normalized spacial score (nSPS) is 23.1. The third kappa shape index (κ3) is 3.74. The Balaban J connectivity index is 1.31. The highest BCUT2D eigenvalue weighted by Gasteiger charge is 2.29. The monoisotopic (exact) mass is 404 g/mol. The Morgan fingerprint density at radius 3 is 2.60 bits per heavy atom. The highest BCUT2D eigenvalue weighted by atomic mass is 16.5. The number of amides is 1. The van der Waals surface area contributed by atoms with Gasteiger partial charge in [-0.25, -0.2) is 0 Å². The number of ether oxygens (including phenoxy) is 1. The molecule has 2 aliphatic carbocycles. The molecular weight excluding hydrogens is 372 g/mol. The van der Waals surface area contributed by atoms with Crippen LogP contribution in [0.15, 0.2) is 36.4 Å². The standard InChI is InChI=1S/C26H32N2O2/c1-28(26(29)23-12-10-20(17-5-6-17)16-25(23)30-2)22-11-9-18-14-21(8-7-19(18)15-22)24-4-3-13-27-24/h7-8,10,12,14,16-17,22,24,27H,3-6,9,11,13,15H2,1-2H3/t22-,24+/m0/s1. The van der Waals surface area contributed by atoms with Crippen LogP contribution in [0, 0.1) is 0 Å². The number of nitrogens with one attached hydrogen (secondary N) is 1. The number of fused-ring (bicyclic) bond motifs is 1. The molecule has 1 N–H and O–H groups in total. The zero-order valence-corrected chi connectivity index (χ0v) is 18.1. The van der Waals surface area contributed by atoms with Crippen LogP contribution >= 0.6 is 0 Å². The van der Waals surface area contributed by atoms with Crippen molar-refractivity contribution in [2.24, 2.45) is 0 Å². The minimum atomic E-state index is 0.0643. The summed E-state index contributed by atoms with van der Waals surface area (Å²) in [6, 6.07) is 13.9. The maximum atomic E-state index is 13.3. The third-order valence-corrected chi connectivity index (χ3v) is 7.27. The summed E-state index contributed by atoms with van der Waals surface area (Å²) >= 11 is 0. The highest BCUT2D eigenvalue weighted by molar-refractivity contribution is 5.97. The van der Waals surface area contributed by atoms with Gasteiger partial charge in [0.25, 0.3) is 5.91 Å². The topological polar surface area (TPSA) is 41.6 Å². The molecule has 2 aromatic carbocycles. The van der Waals surface area contributed by atoms with Crippen LogP contribution in [0.5, 0.6) is 5.75 Å². The van der Waals surface area contributed by atoms with Crippen molar-refractivity contribution in [3.05, 3.63) is 64.2 Å². The summed E-state index contributed by atoms with van der Waals surface area (Å²) in [6.45, 7) is 1.13. The minimum Gasteiger partial charge on any atom is -0.496 e. The zero-order valence-electron chi connectivity index (χ0n) is 18.1. The van der Waals surface area contributed by atoms with Crippen molar-refractivity contribution in [3.63, 3.8) is 0 Å². The lowest BCUT2D eigenvalue weighted by Gasteiger charge is -2.33. The van der Waals surface area contributed by atoms with Gasteiger partial charge >= 0.3 is 0 Å². The van der Waals surface area contributed by atoms with E-state index in [2.05, 4.69) is 35.6 Å². The molecule has 5 rings (SSSR count). The van der Waals surface area contributed by atoms with E-state index < -0.39 is 0 Å². The lowest BCUT2D eigenvalue weighted by Crippen LogP contribution is -2.40. The van der Waals surface area contributed by atoms with Crippen LogP contribution in [0.3, 0.4) is 0 Å². The van der Waals surface area contributed by atoms with E-state index in [1.807, 2.05) is 18.0 Å². The molecule has 0 radical (unpaired) electrons. The molecule has 2 atom stereocenters. The van der Waals surface area contributed by atoms with Crippen molar-refractivity contribution < 1.29 is 9.53 Å². The van der Waals surface area contributed by atoms with Crippen molar-refractivity contribution in [3.8, 4) is 5.75 Å². The van der Waals surface area contributed by atoms with Crippen molar-refractivity contribution in [2.45, 2.75) is 62.9 Å². The number of likely N-dealkylation sites (N-methyl/N-ethyl adjacent to an activating group) is 1. The Hall–Kier alpha value is -2.33. The van der Waals surface area contributed by atoms with E-state index in [0.717, 1.165) is 25.8 Å². The average Bonchev–Trinajstić information content (AvgIpc) is 3.50. The second-order valence-electron chi connectivity index (χ2n) is 9.22. The minimum absolute atomic E-state index is 0.0643. The van der Waals surface area contributed by atoms with Crippen molar-refractivity contribution in [1.29, 1.82) is 0 Å². The van der Waals surface area contributed by atoms with E-state index >= 15 is 0 Å². The molecule has 4 nitrogen and oxygen atoms in total. The van der Waals surface area contributed by atoms with E-state index in [-0.39, 0.29) is 11.9 Å². The molecule has 4 heteroatoms. The molecule has 1 amide bonds. The molecule has 1 heterocycles. The first-order chi connectivity index (χ1) is 14.6. The van der Waals surface area contributed by atoms with E-state index in [0.29, 0.717) is 23.3 Å². The van der Waals surface area contributed by atoms with Crippen molar-refractivity contribution in [1.82, 2.24) is 10.2 Å². The number of aryl methyl sites for hydroxylation is 1. The van der Waals surface area contributed by atoms with Gasteiger partial charge in [0, 0.05) is 19.1 Å². The molecular formula is C26H32N2O2. The average molecular weight is 405 g/mol. The molecule has 0 unspecified atom stereocenters. The predicted octanol–water partition coefficient (Wildman–Crippen LogP) is 4.63. The van der Waals surface area contributed by atoms with E-state index in [1.165, 1.54) is 47.9 Å². The number of hydrogen-bond acceptors (Lipinski definition) is 3. The SMILES string of the molecule is COc1cc(C2CC2)ccc1C(=O)N(C)[C@H]1CCc2cc([C@H]3CCCN3)ccc2C1. The fourth-order valence-corrected chi connectivity index (χ4v) is 5.18. The van der Waals surface area contributed by atoms with Gasteiger partial charge < -0.3 is 15.0 Å². The van der Waals surface area contributed by atoms with Gasteiger partial charge in [-0.15, -0.1) is 0 Å². The van der Waals surface area contributed by atoms with E-state index in [4.69, 9.17) is 4.74 Å². The molecule has 0 aromatic heterocycles. The van der Waals surface area contributed by atoms with Gasteiger partial charge in [-0.3, -0.25) is 4.79 Å². The number of carbonyl (C=O) groups is 1. The first kappa shape index (κ1) is 19.6. The first-order valence-electron chi connectivity index (χ1n) is 11.4. The Labute approximate surface area is 179 Å². The number of carbonyl (C=O) groups excluding carboxylic acids is 1. The van der Waals surface area contributed by atoms with Gasteiger partial charge in [-0.2, -0.15) is 0 Å². The number of benzene rings is 2. The molecule has 2 fully saturated rings. The molecule has 30 heavy (non-hydrogen) atoms. The van der Waals surface area contributed by atoms with Crippen molar-refractivity contribution >= 4 is 5.91 Å². The smallest absolute Gasteiger partial charge is 0.257 e. The summed E-state index contributed by atoms with van der Waals surface area (Å²) in [5, 5.41) is 3.60. The van der Waals surface area contributed by atoms with Gasteiger partial charge in [-0.1, -0.05) is 24.3 Å². The fraction of sp³-hybridized carbons (Fsp3) is 0.500.